The number of fused-ring (bicyclic) bond motifs is 1. The first-order chi connectivity index (χ1) is 15.0. The number of hydrogen-bond donors (Lipinski definition) is 2. The highest BCUT2D eigenvalue weighted by molar-refractivity contribution is 8.00. The number of thioether (sulfide) groups is 1. The number of carbonyl (C=O) groups excluding carboxylic acids is 2. The van der Waals surface area contributed by atoms with Crippen LogP contribution in [0.25, 0.3) is 11.0 Å². The second kappa shape index (κ2) is 8.99. The number of benzene rings is 1. The molecule has 3 aromatic rings. The summed E-state index contributed by atoms with van der Waals surface area (Å²) in [6.45, 7) is 3.12. The van der Waals surface area contributed by atoms with E-state index < -0.39 is 34.4 Å². The number of anilines is 1. The van der Waals surface area contributed by atoms with E-state index in [1.54, 1.807) is 6.92 Å². The van der Waals surface area contributed by atoms with E-state index in [9.17, 15) is 27.6 Å². The van der Waals surface area contributed by atoms with Gasteiger partial charge in [-0.25, -0.2) is 14.8 Å². The standard InChI is InChI=1S/C20H17F3N4O4S/c1-9-7-13(18(30)31-3)14-15(24-9)26-19(27-17(14)29)32-10(2)16(28)25-12-6-4-5-11(8-12)20(21,22)23/h4-8,10H,1-3H3,(H,25,28)(H,24,26,27,29). The van der Waals surface area contributed by atoms with Crippen LogP contribution in [0.15, 0.2) is 40.3 Å². The van der Waals surface area contributed by atoms with E-state index in [2.05, 4.69) is 20.3 Å². The largest absolute Gasteiger partial charge is 0.465 e. The molecule has 0 saturated carbocycles. The van der Waals surface area contributed by atoms with Crippen molar-refractivity contribution in [2.24, 2.45) is 0 Å². The van der Waals surface area contributed by atoms with Crippen molar-refractivity contribution in [2.75, 3.05) is 12.4 Å². The Kier molecular flexibility index (Phi) is 6.53. The molecule has 0 aliphatic carbocycles. The van der Waals surface area contributed by atoms with E-state index in [0.717, 1.165) is 23.9 Å². The molecule has 0 spiro atoms. The number of alkyl halides is 3. The fraction of sp³-hybridized carbons (Fsp3) is 0.250. The molecule has 168 valence electrons. The van der Waals surface area contributed by atoms with E-state index in [-0.39, 0.29) is 27.4 Å². The molecule has 2 aromatic heterocycles. The van der Waals surface area contributed by atoms with Gasteiger partial charge in [-0.3, -0.25) is 9.59 Å². The van der Waals surface area contributed by atoms with Gasteiger partial charge in [0.05, 0.1) is 28.9 Å². The zero-order valence-corrected chi connectivity index (χ0v) is 17.9. The fourth-order valence-corrected chi connectivity index (χ4v) is 3.60. The average molecular weight is 466 g/mol. The number of esters is 1. The van der Waals surface area contributed by atoms with Gasteiger partial charge in [-0.15, -0.1) is 0 Å². The van der Waals surface area contributed by atoms with Crippen molar-refractivity contribution in [3.05, 3.63) is 57.5 Å². The van der Waals surface area contributed by atoms with Crippen LogP contribution in [0, 0.1) is 6.92 Å². The van der Waals surface area contributed by atoms with Crippen LogP contribution >= 0.6 is 11.8 Å². The number of ether oxygens (including phenoxy) is 1. The Morgan fingerprint density at radius 3 is 2.59 bits per heavy atom. The van der Waals surface area contributed by atoms with Gasteiger partial charge in [-0.05, 0) is 38.1 Å². The van der Waals surface area contributed by atoms with Crippen LogP contribution in [-0.4, -0.2) is 39.2 Å². The van der Waals surface area contributed by atoms with Crippen LogP contribution in [0.5, 0.6) is 0 Å². The van der Waals surface area contributed by atoms with Crippen molar-refractivity contribution in [3.63, 3.8) is 0 Å². The number of nitrogens with one attached hydrogen (secondary N) is 2. The first-order valence-electron chi connectivity index (χ1n) is 9.14. The van der Waals surface area contributed by atoms with Crippen LogP contribution in [0.2, 0.25) is 0 Å². The van der Waals surface area contributed by atoms with Gasteiger partial charge in [0.2, 0.25) is 5.91 Å². The number of halogens is 3. The number of aryl methyl sites for hydroxylation is 1. The monoisotopic (exact) mass is 466 g/mol. The maximum atomic E-state index is 12.9. The highest BCUT2D eigenvalue weighted by Crippen LogP contribution is 2.31. The summed E-state index contributed by atoms with van der Waals surface area (Å²) in [5, 5.41) is 1.60. The third-order valence-electron chi connectivity index (χ3n) is 4.30. The third-order valence-corrected chi connectivity index (χ3v) is 5.29. The highest BCUT2D eigenvalue weighted by atomic mass is 32.2. The Bertz CT molecular complexity index is 1260. The van der Waals surface area contributed by atoms with Gasteiger partial charge in [0, 0.05) is 11.4 Å². The SMILES string of the molecule is COC(=O)c1cc(C)nc2nc(SC(C)C(=O)Nc3cccc(C(F)(F)F)c3)[nH]c(=O)c12. The molecule has 3 rings (SSSR count). The molecule has 0 fully saturated rings. The fourth-order valence-electron chi connectivity index (χ4n) is 2.81. The lowest BCUT2D eigenvalue weighted by molar-refractivity contribution is -0.137. The topological polar surface area (TPSA) is 114 Å². The van der Waals surface area contributed by atoms with E-state index in [4.69, 9.17) is 4.74 Å². The molecule has 1 amide bonds. The van der Waals surface area contributed by atoms with Gasteiger partial charge in [-0.1, -0.05) is 17.8 Å². The lowest BCUT2D eigenvalue weighted by Gasteiger charge is -2.13. The molecule has 1 unspecified atom stereocenters. The molecule has 0 aliphatic heterocycles. The quantitative estimate of drug-likeness (QED) is 0.336. The van der Waals surface area contributed by atoms with Crippen molar-refractivity contribution in [3.8, 4) is 0 Å². The molecule has 0 bridgehead atoms. The van der Waals surface area contributed by atoms with Gasteiger partial charge < -0.3 is 15.0 Å². The van der Waals surface area contributed by atoms with Gasteiger partial charge >= 0.3 is 12.1 Å². The molecule has 0 saturated heterocycles. The van der Waals surface area contributed by atoms with Crippen LogP contribution in [0.4, 0.5) is 18.9 Å². The number of carbonyl (C=O) groups is 2. The first kappa shape index (κ1) is 23.3. The van der Waals surface area contributed by atoms with Crippen LogP contribution < -0.4 is 10.9 Å². The Hall–Kier alpha value is -3.41. The van der Waals surface area contributed by atoms with Gasteiger partial charge in [0.1, 0.15) is 0 Å². The van der Waals surface area contributed by atoms with E-state index >= 15 is 0 Å². The number of aromatic nitrogens is 3. The first-order valence-corrected chi connectivity index (χ1v) is 10.0. The minimum absolute atomic E-state index is 0.00198. The summed E-state index contributed by atoms with van der Waals surface area (Å²) in [7, 11) is 1.18. The normalized spacial score (nSPS) is 12.4. The Morgan fingerprint density at radius 2 is 1.94 bits per heavy atom. The van der Waals surface area contributed by atoms with Crippen molar-refractivity contribution >= 4 is 40.4 Å². The molecule has 1 atom stereocenters. The molecule has 2 N–H and O–H groups in total. The molecular weight excluding hydrogens is 449 g/mol. The summed E-state index contributed by atoms with van der Waals surface area (Å²) in [6.07, 6.45) is -4.54. The maximum absolute atomic E-state index is 12.9. The number of nitrogens with zero attached hydrogens (tertiary/aromatic N) is 2. The summed E-state index contributed by atoms with van der Waals surface area (Å²) < 4.78 is 43.2. The second-order valence-corrected chi connectivity index (χ2v) is 8.03. The van der Waals surface area contributed by atoms with E-state index in [1.807, 2.05) is 0 Å². The Labute approximate surface area is 183 Å². The van der Waals surface area contributed by atoms with Crippen LogP contribution in [-0.2, 0) is 15.7 Å². The molecule has 0 radical (unpaired) electrons. The van der Waals surface area contributed by atoms with Crippen LogP contribution in [0.1, 0.15) is 28.5 Å². The number of hydrogen-bond acceptors (Lipinski definition) is 7. The van der Waals surface area contributed by atoms with Gasteiger partial charge in [0.15, 0.2) is 10.8 Å². The minimum Gasteiger partial charge on any atom is -0.465 e. The zero-order valence-electron chi connectivity index (χ0n) is 17.0. The van der Waals surface area contributed by atoms with E-state index in [1.165, 1.54) is 32.2 Å². The lowest BCUT2D eigenvalue weighted by Crippen LogP contribution is -2.24. The summed E-state index contributed by atoms with van der Waals surface area (Å²) in [6, 6.07) is 5.65. The molecular formula is C20H17F3N4O4S. The minimum atomic E-state index is -4.54. The smallest absolute Gasteiger partial charge is 0.416 e. The zero-order chi connectivity index (χ0) is 23.6. The van der Waals surface area contributed by atoms with E-state index in [0.29, 0.717) is 5.69 Å². The summed E-state index contributed by atoms with van der Waals surface area (Å²) in [4.78, 5) is 47.9. The van der Waals surface area contributed by atoms with Gasteiger partial charge in [0.25, 0.3) is 5.56 Å². The number of methoxy groups -OCH3 is 1. The number of aromatic amines is 1. The summed E-state index contributed by atoms with van der Waals surface area (Å²) in [5.74, 6) is -1.31. The van der Waals surface area contributed by atoms with Crippen LogP contribution in [0.3, 0.4) is 0 Å². The predicted octanol–water partition coefficient (Wildman–Crippen LogP) is 3.55. The number of pyridine rings is 1. The Balaban J connectivity index is 1.84. The lowest BCUT2D eigenvalue weighted by atomic mass is 10.1. The van der Waals surface area contributed by atoms with Crippen molar-refractivity contribution in [1.29, 1.82) is 0 Å². The molecule has 1 aromatic carbocycles. The third kappa shape index (κ3) is 5.07. The molecule has 8 nitrogen and oxygen atoms in total. The molecule has 32 heavy (non-hydrogen) atoms. The second-order valence-electron chi connectivity index (χ2n) is 6.70. The summed E-state index contributed by atoms with van der Waals surface area (Å²) in [5.41, 5.74) is -1.10. The van der Waals surface area contributed by atoms with Crippen molar-refractivity contribution < 1.29 is 27.5 Å². The molecule has 2 heterocycles. The average Bonchev–Trinajstić information content (AvgIpc) is 2.71. The summed E-state index contributed by atoms with van der Waals surface area (Å²) >= 11 is 0.878. The van der Waals surface area contributed by atoms with Gasteiger partial charge in [-0.2, -0.15) is 13.2 Å². The number of H-pyrrole nitrogens is 1. The van der Waals surface area contributed by atoms with Crippen molar-refractivity contribution in [2.45, 2.75) is 30.4 Å². The molecule has 0 aliphatic rings. The number of rotatable bonds is 5. The number of amides is 1. The Morgan fingerprint density at radius 1 is 1.22 bits per heavy atom. The maximum Gasteiger partial charge on any atom is 0.416 e. The highest BCUT2D eigenvalue weighted by Gasteiger charge is 2.30. The molecule has 12 heteroatoms. The van der Waals surface area contributed by atoms with Crippen molar-refractivity contribution in [1.82, 2.24) is 15.0 Å². The predicted molar refractivity (Wildman–Crippen MR) is 112 cm³/mol.